The molecule has 2 fully saturated rings. The van der Waals surface area contributed by atoms with Gasteiger partial charge in [0.25, 0.3) is 5.91 Å². The average molecular weight is 371 g/mol. The Balaban J connectivity index is 1.85. The molecule has 5 nitrogen and oxygen atoms in total. The lowest BCUT2D eigenvalue weighted by molar-refractivity contribution is 0.100. The van der Waals surface area contributed by atoms with Gasteiger partial charge in [0, 0.05) is 22.4 Å². The number of thioether (sulfide) groups is 1. The van der Waals surface area contributed by atoms with Gasteiger partial charge >= 0.3 is 0 Å². The number of amides is 1. The third-order valence-corrected chi connectivity index (χ3v) is 7.29. The molecule has 1 aromatic rings. The van der Waals surface area contributed by atoms with E-state index < -0.39 is 9.84 Å². The molecular weight excluding hydrogens is 356 g/mol. The van der Waals surface area contributed by atoms with Crippen molar-refractivity contribution >= 4 is 44.3 Å². The Morgan fingerprint density at radius 2 is 2.09 bits per heavy atom. The van der Waals surface area contributed by atoms with Gasteiger partial charge in [-0.05, 0) is 24.3 Å². The van der Waals surface area contributed by atoms with Crippen LogP contribution in [0, 0.1) is 0 Å². The zero-order valence-corrected chi connectivity index (χ0v) is 14.6. The fraction of sp³-hybridized carbons (Fsp3) is 0.333. The van der Waals surface area contributed by atoms with Gasteiger partial charge in [-0.15, -0.1) is 6.58 Å². The first-order chi connectivity index (χ1) is 10.9. The van der Waals surface area contributed by atoms with Crippen LogP contribution < -0.4 is 0 Å². The Labute approximate surface area is 144 Å². The molecule has 2 atom stereocenters. The first-order valence-electron chi connectivity index (χ1n) is 7.03. The van der Waals surface area contributed by atoms with E-state index in [1.165, 1.54) is 11.8 Å². The molecule has 0 N–H and O–H groups in total. The van der Waals surface area contributed by atoms with Crippen molar-refractivity contribution in [3.05, 3.63) is 47.5 Å². The van der Waals surface area contributed by atoms with Crippen LogP contribution >= 0.6 is 23.4 Å². The van der Waals surface area contributed by atoms with E-state index in [0.717, 1.165) is 0 Å². The molecule has 8 heteroatoms. The standard InChI is InChI=1S/C15H15ClN2O3S2/c1-2-7-18-12-8-23(20,21)9-13(12)22-15(18)17-14(19)10-3-5-11(16)6-4-10/h2-6,12-13H,1,7-9H2/t12-,13-/m1/s1. The Hall–Kier alpha value is -1.31. The first kappa shape index (κ1) is 16.5. The van der Waals surface area contributed by atoms with E-state index in [2.05, 4.69) is 11.6 Å². The lowest BCUT2D eigenvalue weighted by Crippen LogP contribution is -2.37. The van der Waals surface area contributed by atoms with E-state index in [1.807, 2.05) is 4.90 Å². The number of sulfone groups is 1. The van der Waals surface area contributed by atoms with Crippen LogP contribution in [0.5, 0.6) is 0 Å². The third-order valence-electron chi connectivity index (χ3n) is 3.79. The molecule has 0 spiro atoms. The van der Waals surface area contributed by atoms with Crippen molar-refractivity contribution < 1.29 is 13.2 Å². The number of carbonyl (C=O) groups is 1. The molecule has 0 aromatic heterocycles. The highest BCUT2D eigenvalue weighted by molar-refractivity contribution is 8.15. The molecule has 3 rings (SSSR count). The molecule has 122 valence electrons. The lowest BCUT2D eigenvalue weighted by Gasteiger charge is -2.22. The van der Waals surface area contributed by atoms with Crippen molar-refractivity contribution in [2.24, 2.45) is 4.99 Å². The molecule has 1 aromatic carbocycles. The molecular formula is C15H15ClN2O3S2. The summed E-state index contributed by atoms with van der Waals surface area (Å²) < 4.78 is 23.6. The fourth-order valence-corrected chi connectivity index (χ4v) is 6.82. The first-order valence-corrected chi connectivity index (χ1v) is 10.1. The summed E-state index contributed by atoms with van der Waals surface area (Å²) in [6, 6.07) is 6.38. The second kappa shape index (κ2) is 6.30. The Bertz CT molecular complexity index is 774. The van der Waals surface area contributed by atoms with Gasteiger partial charge in [0.05, 0.1) is 17.5 Å². The maximum atomic E-state index is 12.3. The SMILES string of the molecule is C=CCN1C(=NC(=O)c2ccc(Cl)cc2)S[C@@H]2CS(=O)(=O)C[C@H]21. The van der Waals surface area contributed by atoms with E-state index in [0.29, 0.717) is 22.3 Å². The van der Waals surface area contributed by atoms with Gasteiger partial charge < -0.3 is 4.90 Å². The van der Waals surface area contributed by atoms with Crippen molar-refractivity contribution in [3.63, 3.8) is 0 Å². The predicted molar refractivity (Wildman–Crippen MR) is 93.9 cm³/mol. The molecule has 23 heavy (non-hydrogen) atoms. The number of hydrogen-bond donors (Lipinski definition) is 0. The number of rotatable bonds is 3. The number of hydrogen-bond acceptors (Lipinski definition) is 4. The fourth-order valence-electron chi connectivity index (χ4n) is 2.73. The molecule has 2 aliphatic rings. The van der Waals surface area contributed by atoms with Gasteiger partial charge in [-0.3, -0.25) is 4.79 Å². The second-order valence-corrected chi connectivity index (χ2v) is 9.24. The monoisotopic (exact) mass is 370 g/mol. The summed E-state index contributed by atoms with van der Waals surface area (Å²) in [5, 5.41) is 1.05. The van der Waals surface area contributed by atoms with E-state index >= 15 is 0 Å². The van der Waals surface area contributed by atoms with E-state index in [4.69, 9.17) is 11.6 Å². The summed E-state index contributed by atoms with van der Waals surface area (Å²) in [5.41, 5.74) is 0.450. The molecule has 0 saturated carbocycles. The molecule has 0 radical (unpaired) electrons. The largest absolute Gasteiger partial charge is 0.342 e. The van der Waals surface area contributed by atoms with Crippen LogP contribution in [0.25, 0.3) is 0 Å². The normalized spacial score (nSPS) is 27.2. The topological polar surface area (TPSA) is 66.8 Å². The molecule has 2 aliphatic heterocycles. The number of halogens is 1. The van der Waals surface area contributed by atoms with Crippen LogP contribution in [-0.4, -0.2) is 53.7 Å². The number of benzene rings is 1. The highest BCUT2D eigenvalue weighted by Crippen LogP contribution is 2.38. The minimum atomic E-state index is -3.02. The van der Waals surface area contributed by atoms with E-state index in [-0.39, 0.29) is 28.7 Å². The van der Waals surface area contributed by atoms with Crippen molar-refractivity contribution in [1.82, 2.24) is 4.90 Å². The molecule has 0 bridgehead atoms. The quantitative estimate of drug-likeness (QED) is 0.763. The van der Waals surface area contributed by atoms with Gasteiger partial charge in [-0.1, -0.05) is 29.4 Å². The number of nitrogens with zero attached hydrogens (tertiary/aromatic N) is 2. The van der Waals surface area contributed by atoms with Crippen molar-refractivity contribution in [1.29, 1.82) is 0 Å². The van der Waals surface area contributed by atoms with E-state index in [9.17, 15) is 13.2 Å². The Morgan fingerprint density at radius 1 is 1.39 bits per heavy atom. The molecule has 0 aliphatic carbocycles. The summed E-state index contributed by atoms with van der Waals surface area (Å²) in [4.78, 5) is 18.3. The van der Waals surface area contributed by atoms with E-state index in [1.54, 1.807) is 30.3 Å². The van der Waals surface area contributed by atoms with Crippen LogP contribution in [0.15, 0.2) is 41.9 Å². The predicted octanol–water partition coefficient (Wildman–Crippen LogP) is 2.24. The number of amidine groups is 1. The van der Waals surface area contributed by atoms with Gasteiger partial charge in [0.2, 0.25) is 0 Å². The maximum absolute atomic E-state index is 12.3. The third kappa shape index (κ3) is 3.46. The van der Waals surface area contributed by atoms with Gasteiger partial charge in [0.1, 0.15) is 0 Å². The van der Waals surface area contributed by atoms with Gasteiger partial charge in [-0.25, -0.2) is 8.42 Å². The molecule has 2 heterocycles. The maximum Gasteiger partial charge on any atom is 0.279 e. The summed E-state index contributed by atoms with van der Waals surface area (Å²) in [7, 11) is -3.02. The summed E-state index contributed by atoms with van der Waals surface area (Å²) >= 11 is 7.17. The van der Waals surface area contributed by atoms with Crippen LogP contribution in [-0.2, 0) is 9.84 Å². The Morgan fingerprint density at radius 3 is 2.74 bits per heavy atom. The van der Waals surface area contributed by atoms with Crippen LogP contribution in [0.3, 0.4) is 0 Å². The number of carbonyl (C=O) groups excluding carboxylic acids is 1. The van der Waals surface area contributed by atoms with Crippen LogP contribution in [0.2, 0.25) is 5.02 Å². The summed E-state index contributed by atoms with van der Waals surface area (Å²) in [6.07, 6.45) is 1.69. The Kier molecular flexibility index (Phi) is 4.53. The van der Waals surface area contributed by atoms with Crippen LogP contribution in [0.1, 0.15) is 10.4 Å². The van der Waals surface area contributed by atoms with Crippen molar-refractivity contribution in [3.8, 4) is 0 Å². The smallest absolute Gasteiger partial charge is 0.279 e. The highest BCUT2D eigenvalue weighted by Gasteiger charge is 2.48. The number of aliphatic imine (C=N–C) groups is 1. The number of fused-ring (bicyclic) bond motifs is 1. The lowest BCUT2D eigenvalue weighted by atomic mass is 10.2. The minimum absolute atomic E-state index is 0.0725. The zero-order chi connectivity index (χ0) is 16.6. The molecule has 2 saturated heterocycles. The molecule has 0 unspecified atom stereocenters. The zero-order valence-electron chi connectivity index (χ0n) is 12.2. The average Bonchev–Trinajstić information content (AvgIpc) is 2.93. The highest BCUT2D eigenvalue weighted by atomic mass is 35.5. The van der Waals surface area contributed by atoms with Crippen LogP contribution in [0.4, 0.5) is 0 Å². The van der Waals surface area contributed by atoms with Gasteiger partial charge in [-0.2, -0.15) is 4.99 Å². The summed E-state index contributed by atoms with van der Waals surface area (Å²) in [6.45, 7) is 4.17. The van der Waals surface area contributed by atoms with Crippen molar-refractivity contribution in [2.75, 3.05) is 18.1 Å². The second-order valence-electron chi connectivity index (χ2n) is 5.45. The van der Waals surface area contributed by atoms with Crippen molar-refractivity contribution in [2.45, 2.75) is 11.3 Å². The minimum Gasteiger partial charge on any atom is -0.342 e. The summed E-state index contributed by atoms with van der Waals surface area (Å²) in [5.74, 6) is -0.127. The van der Waals surface area contributed by atoms with Gasteiger partial charge in [0.15, 0.2) is 15.0 Å². The molecule has 1 amide bonds.